The van der Waals surface area contributed by atoms with E-state index in [-0.39, 0.29) is 25.0 Å². The summed E-state index contributed by atoms with van der Waals surface area (Å²) >= 11 is 0. The Kier molecular flexibility index (Phi) is 6.88. The maximum Gasteiger partial charge on any atom is 0.407 e. The van der Waals surface area contributed by atoms with Gasteiger partial charge in [-0.2, -0.15) is 0 Å². The topological polar surface area (TPSA) is 95.9 Å². The maximum atomic E-state index is 13.1. The molecule has 1 fully saturated rings. The summed E-state index contributed by atoms with van der Waals surface area (Å²) in [6.07, 6.45) is 0.889. The number of ether oxygens (including phenoxy) is 1. The Bertz CT molecular complexity index is 1070. The first-order chi connectivity index (χ1) is 16.7. The van der Waals surface area contributed by atoms with Gasteiger partial charge in [-0.25, -0.2) is 4.79 Å². The van der Waals surface area contributed by atoms with Crippen molar-refractivity contribution in [3.8, 4) is 11.1 Å². The third-order valence-electron chi connectivity index (χ3n) is 7.74. The molecular weight excluding hydrogens is 444 g/mol. The quantitative estimate of drug-likeness (QED) is 0.604. The van der Waals surface area contributed by atoms with Crippen molar-refractivity contribution >= 4 is 18.0 Å². The zero-order chi connectivity index (χ0) is 25.2. The monoisotopic (exact) mass is 478 g/mol. The van der Waals surface area contributed by atoms with E-state index in [9.17, 15) is 19.5 Å². The van der Waals surface area contributed by atoms with Crippen molar-refractivity contribution in [1.29, 1.82) is 0 Å². The Labute approximate surface area is 206 Å². The van der Waals surface area contributed by atoms with E-state index in [1.54, 1.807) is 18.7 Å². The zero-order valence-electron chi connectivity index (χ0n) is 20.7. The molecule has 1 saturated heterocycles. The molecule has 2 aliphatic rings. The Morgan fingerprint density at radius 3 is 2.09 bits per heavy atom. The van der Waals surface area contributed by atoms with Gasteiger partial charge in [-0.05, 0) is 55.4 Å². The fraction of sp³-hybridized carbons (Fsp3) is 0.464. The number of alkyl carbamates (subject to hydrolysis) is 1. The number of rotatable bonds is 7. The number of aliphatic carboxylic acids is 1. The lowest BCUT2D eigenvalue weighted by Gasteiger charge is -2.41. The fourth-order valence-electron chi connectivity index (χ4n) is 5.30. The Hall–Kier alpha value is -3.35. The van der Waals surface area contributed by atoms with Gasteiger partial charge in [0, 0.05) is 25.6 Å². The Balaban J connectivity index is 1.31. The highest BCUT2D eigenvalue weighted by Gasteiger charge is 2.43. The van der Waals surface area contributed by atoms with Crippen molar-refractivity contribution in [2.75, 3.05) is 26.2 Å². The lowest BCUT2D eigenvalue weighted by molar-refractivity contribution is -0.156. The number of hydrogen-bond donors (Lipinski definition) is 2. The van der Waals surface area contributed by atoms with E-state index in [1.807, 2.05) is 31.2 Å². The molecule has 0 bridgehead atoms. The van der Waals surface area contributed by atoms with Gasteiger partial charge < -0.3 is 20.1 Å². The van der Waals surface area contributed by atoms with E-state index < -0.39 is 22.9 Å². The lowest BCUT2D eigenvalue weighted by Crippen LogP contribution is -2.52. The van der Waals surface area contributed by atoms with E-state index in [2.05, 4.69) is 29.6 Å². The second-order valence-electron chi connectivity index (χ2n) is 10.3. The third-order valence-corrected chi connectivity index (χ3v) is 7.74. The molecule has 0 radical (unpaired) electrons. The standard InChI is InChI=1S/C28H34N2O5/c1-4-28(25(32)33)13-15-30(16-14-28)24(31)27(2,3)18-29-26(34)35-17-23-21-11-7-5-9-19(21)20-10-6-8-12-22(20)23/h5-12,23H,4,13-18H2,1-3H3,(H,29,34)(H,32,33). The number of carbonyl (C=O) groups excluding carboxylic acids is 2. The number of fused-ring (bicyclic) bond motifs is 3. The van der Waals surface area contributed by atoms with E-state index in [1.165, 1.54) is 11.1 Å². The summed E-state index contributed by atoms with van der Waals surface area (Å²) in [6, 6.07) is 16.3. The minimum atomic E-state index is -0.832. The van der Waals surface area contributed by atoms with Crippen molar-refractivity contribution < 1.29 is 24.2 Å². The highest BCUT2D eigenvalue weighted by atomic mass is 16.5. The van der Waals surface area contributed by atoms with Gasteiger partial charge in [-0.15, -0.1) is 0 Å². The number of carbonyl (C=O) groups is 3. The molecule has 2 amide bonds. The van der Waals surface area contributed by atoms with Crippen LogP contribution in [0.3, 0.4) is 0 Å². The molecule has 1 heterocycles. The maximum absolute atomic E-state index is 13.1. The summed E-state index contributed by atoms with van der Waals surface area (Å²) in [4.78, 5) is 39.1. The smallest absolute Gasteiger partial charge is 0.407 e. The first kappa shape index (κ1) is 24.8. The van der Waals surface area contributed by atoms with Gasteiger partial charge in [0.2, 0.25) is 5.91 Å². The first-order valence-electron chi connectivity index (χ1n) is 12.3. The predicted octanol–water partition coefficient (Wildman–Crippen LogP) is 4.65. The van der Waals surface area contributed by atoms with Gasteiger partial charge in [-0.3, -0.25) is 9.59 Å². The van der Waals surface area contributed by atoms with Crippen molar-refractivity contribution in [1.82, 2.24) is 10.2 Å². The SMILES string of the molecule is CCC1(C(=O)O)CCN(C(=O)C(C)(C)CNC(=O)OCC2c3ccccc3-c3ccccc32)CC1. The molecule has 186 valence electrons. The first-order valence-corrected chi connectivity index (χ1v) is 12.3. The van der Waals surface area contributed by atoms with Crippen LogP contribution in [0, 0.1) is 10.8 Å². The van der Waals surface area contributed by atoms with Crippen molar-refractivity contribution in [3.05, 3.63) is 59.7 Å². The Morgan fingerprint density at radius 2 is 1.57 bits per heavy atom. The number of piperidine rings is 1. The van der Waals surface area contributed by atoms with Gasteiger partial charge >= 0.3 is 12.1 Å². The zero-order valence-corrected chi connectivity index (χ0v) is 20.7. The van der Waals surface area contributed by atoms with Crippen LogP contribution in [0.4, 0.5) is 4.79 Å². The highest BCUT2D eigenvalue weighted by molar-refractivity contribution is 5.84. The van der Waals surface area contributed by atoms with Crippen molar-refractivity contribution in [3.63, 3.8) is 0 Å². The van der Waals surface area contributed by atoms with Gasteiger partial charge in [0.25, 0.3) is 0 Å². The largest absolute Gasteiger partial charge is 0.481 e. The molecule has 4 rings (SSSR count). The summed E-state index contributed by atoms with van der Waals surface area (Å²) in [7, 11) is 0. The number of likely N-dealkylation sites (tertiary alicyclic amines) is 1. The van der Waals surface area contributed by atoms with Crippen LogP contribution in [0.25, 0.3) is 11.1 Å². The normalized spacial score (nSPS) is 16.8. The number of amides is 2. The Morgan fingerprint density at radius 1 is 1.03 bits per heavy atom. The van der Waals surface area contributed by atoms with Gasteiger partial charge in [0.05, 0.1) is 10.8 Å². The summed E-state index contributed by atoms with van der Waals surface area (Å²) in [5, 5.41) is 12.3. The lowest BCUT2D eigenvalue weighted by atomic mass is 9.75. The van der Waals surface area contributed by atoms with Crippen LogP contribution in [0.2, 0.25) is 0 Å². The summed E-state index contributed by atoms with van der Waals surface area (Å²) in [5.41, 5.74) is 3.04. The van der Waals surface area contributed by atoms with Gasteiger partial charge in [0.15, 0.2) is 0 Å². The minimum absolute atomic E-state index is 0.0239. The van der Waals surface area contributed by atoms with Crippen LogP contribution >= 0.6 is 0 Å². The molecule has 2 aromatic rings. The van der Waals surface area contributed by atoms with Crippen molar-refractivity contribution in [2.45, 2.75) is 46.0 Å². The molecule has 35 heavy (non-hydrogen) atoms. The molecule has 7 heteroatoms. The molecule has 2 aromatic carbocycles. The molecule has 0 atom stereocenters. The predicted molar refractivity (Wildman–Crippen MR) is 133 cm³/mol. The molecule has 2 N–H and O–H groups in total. The molecule has 0 saturated carbocycles. The van der Waals surface area contributed by atoms with Crippen LogP contribution in [0.5, 0.6) is 0 Å². The molecule has 1 aliphatic heterocycles. The molecule has 0 spiro atoms. The second kappa shape index (κ2) is 9.72. The molecule has 0 unspecified atom stereocenters. The third kappa shape index (κ3) is 4.77. The number of nitrogens with zero attached hydrogens (tertiary/aromatic N) is 1. The average Bonchev–Trinajstić information content (AvgIpc) is 3.19. The van der Waals surface area contributed by atoms with Crippen LogP contribution < -0.4 is 5.32 Å². The summed E-state index contributed by atoms with van der Waals surface area (Å²) in [5.74, 6) is -0.904. The van der Waals surface area contributed by atoms with Crippen LogP contribution in [-0.2, 0) is 14.3 Å². The number of hydrogen-bond acceptors (Lipinski definition) is 4. The van der Waals surface area contributed by atoms with E-state index >= 15 is 0 Å². The average molecular weight is 479 g/mol. The molecule has 1 aliphatic carbocycles. The molecule has 7 nitrogen and oxygen atoms in total. The highest BCUT2D eigenvalue weighted by Crippen LogP contribution is 2.44. The second-order valence-corrected chi connectivity index (χ2v) is 10.3. The minimum Gasteiger partial charge on any atom is -0.481 e. The number of nitrogens with one attached hydrogen (secondary N) is 1. The number of carboxylic acid groups (broad SMARTS) is 1. The van der Waals surface area contributed by atoms with Crippen LogP contribution in [0.15, 0.2) is 48.5 Å². The summed E-state index contributed by atoms with van der Waals surface area (Å²) in [6.45, 7) is 6.63. The van der Waals surface area contributed by atoms with Crippen molar-refractivity contribution in [2.24, 2.45) is 10.8 Å². The number of benzene rings is 2. The van der Waals surface area contributed by atoms with E-state index in [4.69, 9.17) is 4.74 Å². The summed E-state index contributed by atoms with van der Waals surface area (Å²) < 4.78 is 5.59. The van der Waals surface area contributed by atoms with Gasteiger partial charge in [0.1, 0.15) is 6.61 Å². The van der Waals surface area contributed by atoms with Gasteiger partial charge in [-0.1, -0.05) is 55.5 Å². The van der Waals surface area contributed by atoms with E-state index in [0.29, 0.717) is 32.4 Å². The van der Waals surface area contributed by atoms with Crippen LogP contribution in [0.1, 0.15) is 57.1 Å². The molecule has 0 aromatic heterocycles. The fourth-order valence-corrected chi connectivity index (χ4v) is 5.30. The number of carboxylic acids is 1. The van der Waals surface area contributed by atoms with Crippen LogP contribution in [-0.4, -0.2) is 54.2 Å². The molecular formula is C28H34N2O5. The van der Waals surface area contributed by atoms with E-state index in [0.717, 1.165) is 11.1 Å².